The maximum absolute atomic E-state index is 13.9. The van der Waals surface area contributed by atoms with Crippen molar-refractivity contribution in [2.45, 2.75) is 18.8 Å². The lowest BCUT2D eigenvalue weighted by atomic mass is 10.1. The molecular weight excluding hydrogens is 371 g/mol. The molecule has 0 saturated heterocycles. The lowest BCUT2D eigenvalue weighted by Crippen LogP contribution is -2.56. The fourth-order valence-electron chi connectivity index (χ4n) is 2.48. The average molecular weight is 384 g/mol. The van der Waals surface area contributed by atoms with Crippen LogP contribution in [0.1, 0.15) is 12.5 Å². The van der Waals surface area contributed by atoms with E-state index < -0.39 is 17.8 Å². The van der Waals surface area contributed by atoms with Gasteiger partial charge in [0.15, 0.2) is 0 Å². The number of carbonyl (C=O) groups is 1. The molecule has 0 fully saturated rings. The van der Waals surface area contributed by atoms with Crippen LogP contribution in [0.3, 0.4) is 0 Å². The number of rotatable bonds is 3. The molecule has 0 amide bonds. The molecule has 0 unspecified atom stereocenters. The van der Waals surface area contributed by atoms with Gasteiger partial charge in [-0.15, -0.1) is 0 Å². The number of amidine groups is 2. The Labute approximate surface area is 152 Å². The van der Waals surface area contributed by atoms with E-state index in [2.05, 4.69) is 14.7 Å². The van der Waals surface area contributed by atoms with Crippen LogP contribution in [0.4, 0.5) is 13.2 Å². The predicted octanol–water partition coefficient (Wildman–Crippen LogP) is 3.62. The number of halogens is 4. The van der Waals surface area contributed by atoms with Crippen molar-refractivity contribution in [1.82, 2.24) is 4.90 Å². The summed E-state index contributed by atoms with van der Waals surface area (Å²) in [7, 11) is 0. The molecule has 0 aromatic heterocycles. The van der Waals surface area contributed by atoms with Gasteiger partial charge in [0.05, 0.1) is 11.6 Å². The number of nitrogens with zero attached hydrogens (tertiary/aromatic N) is 3. The Morgan fingerprint density at radius 3 is 2.54 bits per heavy atom. The Morgan fingerprint density at radius 1 is 1.23 bits per heavy atom. The zero-order chi connectivity index (χ0) is 18.9. The Kier molecular flexibility index (Phi) is 4.62. The van der Waals surface area contributed by atoms with Crippen molar-refractivity contribution in [2.75, 3.05) is 6.61 Å². The normalized spacial score (nSPS) is 22.2. The van der Waals surface area contributed by atoms with Crippen LogP contribution in [0.5, 0.6) is 0 Å². The van der Waals surface area contributed by atoms with Crippen molar-refractivity contribution in [3.8, 4) is 0 Å². The molecule has 0 aliphatic carbocycles. The largest absolute Gasteiger partial charge is 0.462 e. The molecule has 26 heavy (non-hydrogen) atoms. The number of esters is 1. The van der Waals surface area contributed by atoms with Gasteiger partial charge in [0.2, 0.25) is 0 Å². The monoisotopic (exact) mass is 383 g/mol. The maximum atomic E-state index is 13.9. The van der Waals surface area contributed by atoms with Gasteiger partial charge in [0.1, 0.15) is 11.7 Å². The summed E-state index contributed by atoms with van der Waals surface area (Å²) in [6.07, 6.45) is -1.02. The lowest BCUT2D eigenvalue weighted by molar-refractivity contribution is -0.203. The van der Waals surface area contributed by atoms with Gasteiger partial charge in [0.25, 0.3) is 0 Å². The first-order valence-corrected chi connectivity index (χ1v) is 8.00. The van der Waals surface area contributed by atoms with E-state index in [1.54, 1.807) is 30.3 Å². The highest BCUT2D eigenvalue weighted by Crippen LogP contribution is 2.40. The number of aliphatic imine (C=N–C) groups is 2. The summed E-state index contributed by atoms with van der Waals surface area (Å²) in [5.41, 5.74) is -3.00. The number of benzene rings is 1. The molecule has 1 atom stereocenters. The first-order chi connectivity index (χ1) is 12.3. The van der Waals surface area contributed by atoms with Crippen molar-refractivity contribution < 1.29 is 22.7 Å². The fraction of sp³-hybridized carbons (Fsp3) is 0.235. The molecule has 0 saturated carbocycles. The second-order valence-corrected chi connectivity index (χ2v) is 5.82. The summed E-state index contributed by atoms with van der Waals surface area (Å²) in [6, 6.07) is 8.16. The van der Waals surface area contributed by atoms with E-state index in [4.69, 9.17) is 11.6 Å². The zero-order valence-corrected chi connectivity index (χ0v) is 14.3. The third-order valence-electron chi connectivity index (χ3n) is 3.65. The van der Waals surface area contributed by atoms with Crippen LogP contribution in [0, 0.1) is 0 Å². The molecule has 0 N–H and O–H groups in total. The number of ether oxygens (including phenoxy) is 1. The third kappa shape index (κ3) is 3.01. The molecule has 1 aromatic rings. The molecule has 5 nitrogen and oxygen atoms in total. The molecule has 2 heterocycles. The van der Waals surface area contributed by atoms with Gasteiger partial charge in [-0.3, -0.25) is 4.90 Å². The molecule has 1 aromatic carbocycles. The number of allylic oxidation sites excluding steroid dienone is 2. The minimum atomic E-state index is -5.09. The van der Waals surface area contributed by atoms with Crippen LogP contribution >= 0.6 is 11.6 Å². The van der Waals surface area contributed by atoms with Crippen LogP contribution in [-0.4, -0.2) is 41.0 Å². The van der Waals surface area contributed by atoms with E-state index in [9.17, 15) is 18.0 Å². The Morgan fingerprint density at radius 2 is 1.92 bits per heavy atom. The molecule has 0 bridgehead atoms. The van der Waals surface area contributed by atoms with E-state index in [1.165, 1.54) is 30.2 Å². The summed E-state index contributed by atoms with van der Waals surface area (Å²) in [4.78, 5) is 20.9. The number of fused-ring (bicyclic) bond motifs is 1. The molecule has 9 heteroatoms. The van der Waals surface area contributed by atoms with Gasteiger partial charge in [0, 0.05) is 11.8 Å². The number of alkyl halides is 3. The van der Waals surface area contributed by atoms with Crippen molar-refractivity contribution in [3.63, 3.8) is 0 Å². The standard InChI is InChI=1S/C17H13ClF3N3O2/c1-2-26-15(25)16(17(19,20)21)22-13-9-8-12(18)10-24(13)14(23-16)11-6-4-3-5-7-11/h3-10H,2H2,1H3/t16-/m0/s1. The van der Waals surface area contributed by atoms with Gasteiger partial charge in [-0.2, -0.15) is 13.2 Å². The highest BCUT2D eigenvalue weighted by molar-refractivity contribution is 6.32. The van der Waals surface area contributed by atoms with Crippen molar-refractivity contribution in [3.05, 3.63) is 59.3 Å². The van der Waals surface area contributed by atoms with Crippen molar-refractivity contribution in [2.24, 2.45) is 9.98 Å². The van der Waals surface area contributed by atoms with E-state index in [0.717, 1.165) is 0 Å². The predicted molar refractivity (Wildman–Crippen MR) is 90.7 cm³/mol. The Bertz CT molecular complexity index is 847. The zero-order valence-electron chi connectivity index (χ0n) is 13.5. The van der Waals surface area contributed by atoms with Crippen molar-refractivity contribution in [1.29, 1.82) is 0 Å². The van der Waals surface area contributed by atoms with Gasteiger partial charge in [-0.25, -0.2) is 14.8 Å². The maximum Gasteiger partial charge on any atom is 0.445 e. The first-order valence-electron chi connectivity index (χ1n) is 7.62. The van der Waals surface area contributed by atoms with Crippen molar-refractivity contribution >= 4 is 29.2 Å². The van der Waals surface area contributed by atoms with Crippen LogP contribution < -0.4 is 0 Å². The SMILES string of the molecule is CCOC(=O)[C@]1(C(F)(F)F)N=C2C=CC(Cl)=CN2C(c2ccccc2)=N1. The van der Waals surface area contributed by atoms with Gasteiger partial charge in [-0.05, 0) is 19.1 Å². The first kappa shape index (κ1) is 18.2. The summed E-state index contributed by atoms with van der Waals surface area (Å²) < 4.78 is 46.3. The molecule has 0 radical (unpaired) electrons. The molecule has 2 aliphatic heterocycles. The second kappa shape index (κ2) is 6.60. The minimum absolute atomic E-state index is 0.108. The molecule has 2 aliphatic rings. The Hall–Kier alpha value is -2.61. The average Bonchev–Trinajstić information content (AvgIpc) is 2.60. The highest BCUT2D eigenvalue weighted by atomic mass is 35.5. The van der Waals surface area contributed by atoms with Crippen LogP contribution in [0.2, 0.25) is 0 Å². The molecule has 136 valence electrons. The van der Waals surface area contributed by atoms with E-state index >= 15 is 0 Å². The van der Waals surface area contributed by atoms with Gasteiger partial charge < -0.3 is 4.74 Å². The van der Waals surface area contributed by atoms with Gasteiger partial charge >= 0.3 is 17.8 Å². The van der Waals surface area contributed by atoms with Crippen LogP contribution in [0.15, 0.2) is 63.7 Å². The van der Waals surface area contributed by atoms with Gasteiger partial charge in [-0.1, -0.05) is 41.9 Å². The fourth-order valence-corrected chi connectivity index (χ4v) is 2.64. The molecule has 3 rings (SSSR count). The minimum Gasteiger partial charge on any atom is -0.462 e. The van der Waals surface area contributed by atoms with Crippen LogP contribution in [-0.2, 0) is 9.53 Å². The third-order valence-corrected chi connectivity index (χ3v) is 3.87. The number of hydrogen-bond donors (Lipinski definition) is 0. The smallest absolute Gasteiger partial charge is 0.445 e. The topological polar surface area (TPSA) is 54.3 Å². The Balaban J connectivity index is 2.25. The number of hydrogen-bond acceptors (Lipinski definition) is 5. The van der Waals surface area contributed by atoms with E-state index in [1.807, 2.05) is 0 Å². The summed E-state index contributed by atoms with van der Waals surface area (Å²) >= 11 is 5.97. The highest BCUT2D eigenvalue weighted by Gasteiger charge is 2.65. The van der Waals surface area contributed by atoms with E-state index in [0.29, 0.717) is 5.56 Å². The van der Waals surface area contributed by atoms with E-state index in [-0.39, 0.29) is 23.3 Å². The number of carbonyl (C=O) groups excluding carboxylic acids is 1. The second-order valence-electron chi connectivity index (χ2n) is 5.38. The summed E-state index contributed by atoms with van der Waals surface area (Å²) in [5, 5.41) is 0.281. The summed E-state index contributed by atoms with van der Waals surface area (Å²) in [5.74, 6) is -1.81. The van der Waals surface area contributed by atoms with Crippen LogP contribution in [0.25, 0.3) is 0 Å². The lowest BCUT2D eigenvalue weighted by Gasteiger charge is -2.36. The molecular formula is C17H13ClF3N3O2. The quantitative estimate of drug-likeness (QED) is 0.749. The summed E-state index contributed by atoms with van der Waals surface area (Å²) in [6.45, 7) is 1.18. The molecule has 0 spiro atoms.